The Kier molecular flexibility index (Phi) is 6.32. The minimum absolute atomic E-state index is 0.0525. The van der Waals surface area contributed by atoms with Crippen LogP contribution >= 0.6 is 0 Å². The summed E-state index contributed by atoms with van der Waals surface area (Å²) in [4.78, 5) is 15.0. The van der Waals surface area contributed by atoms with Crippen molar-refractivity contribution in [1.82, 2.24) is 10.6 Å². The second-order valence-corrected chi connectivity index (χ2v) is 6.90. The number of nitrogens with one attached hydrogen (secondary N) is 2. The van der Waals surface area contributed by atoms with Gasteiger partial charge in [-0.1, -0.05) is 24.3 Å². The van der Waals surface area contributed by atoms with Crippen LogP contribution in [-0.2, 0) is 13.1 Å². The van der Waals surface area contributed by atoms with Crippen molar-refractivity contribution in [2.75, 3.05) is 13.2 Å². The maximum Gasteiger partial charge on any atom is 0.269 e. The summed E-state index contributed by atoms with van der Waals surface area (Å²) in [5.74, 6) is 2.79. The number of hydrogen-bond donors (Lipinski definition) is 2. The van der Waals surface area contributed by atoms with Crippen molar-refractivity contribution in [3.63, 3.8) is 0 Å². The Hall–Kier alpha value is -4.01. The average molecular weight is 422 g/mol. The molecule has 2 aromatic carbocycles. The quantitative estimate of drug-likeness (QED) is 0.260. The smallest absolute Gasteiger partial charge is 0.269 e. The zero-order valence-electron chi connectivity index (χ0n) is 16.7. The van der Waals surface area contributed by atoms with Crippen molar-refractivity contribution in [3.8, 4) is 11.5 Å². The van der Waals surface area contributed by atoms with Gasteiger partial charge in [0.2, 0.25) is 0 Å². The van der Waals surface area contributed by atoms with Gasteiger partial charge in [-0.15, -0.1) is 0 Å². The molecular formula is C22H22N4O5. The van der Waals surface area contributed by atoms with Crippen LogP contribution in [0.1, 0.15) is 11.3 Å². The van der Waals surface area contributed by atoms with Crippen LogP contribution in [0.5, 0.6) is 11.5 Å². The molecule has 9 heteroatoms. The van der Waals surface area contributed by atoms with Gasteiger partial charge in [-0.05, 0) is 29.8 Å². The minimum Gasteiger partial charge on any atom is -0.486 e. The third-order valence-corrected chi connectivity index (χ3v) is 4.64. The Balaban J connectivity index is 1.38. The lowest BCUT2D eigenvalue weighted by Gasteiger charge is -2.27. The van der Waals surface area contributed by atoms with Gasteiger partial charge in [0.1, 0.15) is 18.5 Å². The third kappa shape index (κ3) is 5.53. The molecule has 1 aliphatic rings. The molecule has 3 aromatic rings. The van der Waals surface area contributed by atoms with Crippen molar-refractivity contribution in [2.24, 2.45) is 4.99 Å². The van der Waals surface area contributed by atoms with E-state index in [1.54, 1.807) is 18.4 Å². The SMILES string of the molecule is O=[N+]([O-])c1ccc(CN=C(NCc2ccco2)NCC2COc3ccccc3O2)cc1. The number of benzene rings is 2. The van der Waals surface area contributed by atoms with Crippen LogP contribution in [0.2, 0.25) is 0 Å². The van der Waals surface area contributed by atoms with Crippen LogP contribution in [-0.4, -0.2) is 30.1 Å². The predicted molar refractivity (Wildman–Crippen MR) is 114 cm³/mol. The maximum atomic E-state index is 10.8. The van der Waals surface area contributed by atoms with Gasteiger partial charge in [-0.3, -0.25) is 10.1 Å². The Morgan fingerprint density at radius 3 is 2.61 bits per heavy atom. The number of hydrogen-bond acceptors (Lipinski definition) is 6. The van der Waals surface area contributed by atoms with E-state index >= 15 is 0 Å². The molecule has 1 atom stereocenters. The van der Waals surface area contributed by atoms with Gasteiger partial charge < -0.3 is 24.5 Å². The number of nitro benzene ring substituents is 1. The zero-order chi connectivity index (χ0) is 21.5. The maximum absolute atomic E-state index is 10.8. The zero-order valence-corrected chi connectivity index (χ0v) is 16.7. The lowest BCUT2D eigenvalue weighted by Crippen LogP contribution is -2.45. The first-order valence-corrected chi connectivity index (χ1v) is 9.84. The molecule has 160 valence electrons. The van der Waals surface area contributed by atoms with E-state index in [9.17, 15) is 10.1 Å². The first-order valence-electron chi connectivity index (χ1n) is 9.84. The largest absolute Gasteiger partial charge is 0.486 e. The topological polar surface area (TPSA) is 111 Å². The van der Waals surface area contributed by atoms with Gasteiger partial charge in [0.25, 0.3) is 5.69 Å². The van der Waals surface area contributed by atoms with E-state index < -0.39 is 4.92 Å². The van der Waals surface area contributed by atoms with Crippen molar-refractivity contribution < 1.29 is 18.8 Å². The second-order valence-electron chi connectivity index (χ2n) is 6.90. The molecule has 1 aromatic heterocycles. The number of ether oxygens (including phenoxy) is 2. The number of nitro groups is 1. The highest BCUT2D eigenvalue weighted by Crippen LogP contribution is 2.30. The van der Waals surface area contributed by atoms with Crippen LogP contribution < -0.4 is 20.1 Å². The molecule has 0 spiro atoms. The summed E-state index contributed by atoms with van der Waals surface area (Å²) >= 11 is 0. The molecule has 2 N–H and O–H groups in total. The van der Waals surface area contributed by atoms with Crippen molar-refractivity contribution >= 4 is 11.6 Å². The molecular weight excluding hydrogens is 400 g/mol. The second kappa shape index (κ2) is 9.66. The Bertz CT molecular complexity index is 1030. The van der Waals surface area contributed by atoms with E-state index in [0.717, 1.165) is 17.1 Å². The van der Waals surface area contributed by atoms with Crippen LogP contribution in [0.3, 0.4) is 0 Å². The van der Waals surface area contributed by atoms with E-state index in [1.165, 1.54) is 12.1 Å². The molecule has 0 fully saturated rings. The normalized spacial score (nSPS) is 15.4. The Labute approximate surface area is 178 Å². The number of rotatable bonds is 7. The van der Waals surface area contributed by atoms with Gasteiger partial charge in [0.15, 0.2) is 17.5 Å². The summed E-state index contributed by atoms with van der Waals surface area (Å²) in [6, 6.07) is 17.6. The predicted octanol–water partition coefficient (Wildman–Crippen LogP) is 3.26. The van der Waals surface area contributed by atoms with Gasteiger partial charge in [-0.25, -0.2) is 4.99 Å². The summed E-state index contributed by atoms with van der Waals surface area (Å²) in [6.45, 7) is 1.73. The van der Waals surface area contributed by atoms with Crippen LogP contribution in [0.4, 0.5) is 5.69 Å². The molecule has 4 rings (SSSR count). The van der Waals surface area contributed by atoms with Gasteiger partial charge in [0.05, 0.1) is 30.8 Å². The van der Waals surface area contributed by atoms with E-state index in [-0.39, 0.29) is 11.8 Å². The van der Waals surface area contributed by atoms with Crippen molar-refractivity contribution in [1.29, 1.82) is 0 Å². The molecule has 0 saturated heterocycles. The number of fused-ring (bicyclic) bond motifs is 1. The van der Waals surface area contributed by atoms with Gasteiger partial charge in [0, 0.05) is 12.1 Å². The molecule has 1 aliphatic heterocycles. The minimum atomic E-state index is -0.421. The fourth-order valence-corrected chi connectivity index (χ4v) is 3.03. The summed E-state index contributed by atoms with van der Waals surface area (Å²) in [5, 5.41) is 17.3. The summed E-state index contributed by atoms with van der Waals surface area (Å²) in [5.41, 5.74) is 0.910. The van der Waals surface area contributed by atoms with E-state index in [2.05, 4.69) is 15.6 Å². The lowest BCUT2D eigenvalue weighted by molar-refractivity contribution is -0.384. The summed E-state index contributed by atoms with van der Waals surface area (Å²) < 4.78 is 17.1. The molecule has 0 saturated carbocycles. The molecule has 2 heterocycles. The molecule has 31 heavy (non-hydrogen) atoms. The first kappa shape index (κ1) is 20.3. The van der Waals surface area contributed by atoms with Crippen LogP contribution in [0, 0.1) is 10.1 Å². The molecule has 0 aliphatic carbocycles. The van der Waals surface area contributed by atoms with E-state index in [0.29, 0.717) is 38.0 Å². The number of nitrogens with zero attached hydrogens (tertiary/aromatic N) is 2. The first-order chi connectivity index (χ1) is 15.2. The van der Waals surface area contributed by atoms with Crippen LogP contribution in [0.15, 0.2) is 76.3 Å². The van der Waals surface area contributed by atoms with Gasteiger partial charge in [-0.2, -0.15) is 0 Å². The monoisotopic (exact) mass is 422 g/mol. The molecule has 1 unspecified atom stereocenters. The molecule has 0 radical (unpaired) electrons. The highest BCUT2D eigenvalue weighted by Gasteiger charge is 2.20. The van der Waals surface area contributed by atoms with Crippen LogP contribution in [0.25, 0.3) is 0 Å². The van der Waals surface area contributed by atoms with Crippen molar-refractivity contribution in [2.45, 2.75) is 19.2 Å². The third-order valence-electron chi connectivity index (χ3n) is 4.64. The Morgan fingerprint density at radius 2 is 1.87 bits per heavy atom. The lowest BCUT2D eigenvalue weighted by atomic mass is 10.2. The number of non-ortho nitro benzene ring substituents is 1. The standard InChI is InChI=1S/C22H22N4O5/c27-26(28)17-9-7-16(8-10-17)12-23-22(24-13-18-4-3-11-29-18)25-14-19-15-30-20-5-1-2-6-21(20)31-19/h1-11,19H,12-15H2,(H2,23,24,25). The molecule has 0 bridgehead atoms. The summed E-state index contributed by atoms with van der Waals surface area (Å²) in [6.07, 6.45) is 1.44. The number of furan rings is 1. The fraction of sp³-hybridized carbons (Fsp3) is 0.227. The highest BCUT2D eigenvalue weighted by atomic mass is 16.6. The number of para-hydroxylation sites is 2. The highest BCUT2D eigenvalue weighted by molar-refractivity contribution is 5.79. The van der Waals surface area contributed by atoms with E-state index in [1.807, 2.05) is 36.4 Å². The number of guanidine groups is 1. The average Bonchev–Trinajstić information content (AvgIpc) is 3.32. The van der Waals surface area contributed by atoms with Crippen molar-refractivity contribution in [3.05, 3.63) is 88.4 Å². The fourth-order valence-electron chi connectivity index (χ4n) is 3.03. The molecule has 0 amide bonds. The Morgan fingerprint density at radius 1 is 1.06 bits per heavy atom. The van der Waals surface area contributed by atoms with Gasteiger partial charge >= 0.3 is 0 Å². The van der Waals surface area contributed by atoms with E-state index in [4.69, 9.17) is 13.9 Å². The summed E-state index contributed by atoms with van der Waals surface area (Å²) in [7, 11) is 0. The number of aliphatic imine (C=N–C) groups is 1. The molecule has 9 nitrogen and oxygen atoms in total.